The largest absolute Gasteiger partial charge is 0.444 e. The molecule has 0 atom stereocenters. The average molecular weight is 305 g/mol. The molecule has 1 aromatic rings. The summed E-state index contributed by atoms with van der Waals surface area (Å²) >= 11 is 7.71. The van der Waals surface area contributed by atoms with Crippen LogP contribution in [-0.2, 0) is 0 Å². The first-order chi connectivity index (χ1) is 6.80. The highest BCUT2D eigenvalue weighted by atomic mass is 79.9. The van der Waals surface area contributed by atoms with Gasteiger partial charge < -0.3 is 0 Å². The summed E-state index contributed by atoms with van der Waals surface area (Å²) in [5.41, 5.74) is 0. The second-order valence-electron chi connectivity index (χ2n) is 2.36. The Labute approximate surface area is 95.1 Å². The van der Waals surface area contributed by atoms with Gasteiger partial charge >= 0.3 is 6.18 Å². The fourth-order valence-corrected chi connectivity index (χ4v) is 1.03. The summed E-state index contributed by atoms with van der Waals surface area (Å²) in [6, 6.07) is 0.937. The highest BCUT2D eigenvalue weighted by Crippen LogP contribution is 2.25. The van der Waals surface area contributed by atoms with Crippen molar-refractivity contribution < 1.29 is 17.6 Å². The van der Waals surface area contributed by atoms with Crippen LogP contribution in [0, 0.1) is 5.82 Å². The molecular formula is C7H2BrClF4N2. The quantitative estimate of drug-likeness (QED) is 0.572. The van der Waals surface area contributed by atoms with Crippen LogP contribution in [0.2, 0.25) is 0 Å². The van der Waals surface area contributed by atoms with Gasteiger partial charge in [0.15, 0.2) is 11.6 Å². The van der Waals surface area contributed by atoms with E-state index in [0.29, 0.717) is 4.47 Å². The van der Waals surface area contributed by atoms with Crippen molar-refractivity contribution in [1.29, 1.82) is 0 Å². The summed E-state index contributed by atoms with van der Waals surface area (Å²) in [5, 5.41) is -1.67. The van der Waals surface area contributed by atoms with Crippen LogP contribution in [0.5, 0.6) is 0 Å². The van der Waals surface area contributed by atoms with Gasteiger partial charge in [-0.05, 0) is 22.0 Å². The maximum atomic E-state index is 13.0. The number of pyridine rings is 1. The third-order valence-electron chi connectivity index (χ3n) is 1.23. The highest BCUT2D eigenvalue weighted by Gasteiger charge is 2.34. The van der Waals surface area contributed by atoms with E-state index in [9.17, 15) is 17.6 Å². The minimum atomic E-state index is -4.80. The lowest BCUT2D eigenvalue weighted by molar-refractivity contribution is -0.0558. The van der Waals surface area contributed by atoms with Crippen molar-refractivity contribution in [2.24, 2.45) is 4.99 Å². The zero-order valence-electron chi connectivity index (χ0n) is 6.82. The van der Waals surface area contributed by atoms with E-state index in [4.69, 9.17) is 11.6 Å². The molecule has 1 rings (SSSR count). The summed E-state index contributed by atoms with van der Waals surface area (Å²) in [6.07, 6.45) is -3.69. The lowest BCUT2D eigenvalue weighted by Gasteiger charge is -2.03. The minimum absolute atomic E-state index is 0.294. The molecule has 8 heteroatoms. The first-order valence-corrected chi connectivity index (χ1v) is 4.60. The van der Waals surface area contributed by atoms with Gasteiger partial charge in [-0.2, -0.15) is 13.2 Å². The van der Waals surface area contributed by atoms with Crippen LogP contribution < -0.4 is 0 Å². The SMILES string of the molecule is Fc1cc(Br)cnc1N=C(Cl)C(F)(F)F. The molecule has 0 aliphatic carbocycles. The Bertz CT molecular complexity index is 404. The number of aliphatic imine (C=N–C) groups is 1. The fourth-order valence-electron chi connectivity index (χ4n) is 0.646. The Morgan fingerprint density at radius 2 is 2.07 bits per heavy atom. The van der Waals surface area contributed by atoms with E-state index in [0.717, 1.165) is 12.3 Å². The Balaban J connectivity index is 3.09. The summed E-state index contributed by atoms with van der Waals surface area (Å²) in [5.74, 6) is -1.70. The van der Waals surface area contributed by atoms with E-state index >= 15 is 0 Å². The minimum Gasteiger partial charge on any atom is -0.233 e. The smallest absolute Gasteiger partial charge is 0.233 e. The number of halogens is 6. The number of rotatable bonds is 1. The Kier molecular flexibility index (Phi) is 3.67. The zero-order chi connectivity index (χ0) is 11.6. The predicted octanol–water partition coefficient (Wildman–Crippen LogP) is 3.81. The number of alkyl halides is 3. The fraction of sp³-hybridized carbons (Fsp3) is 0.143. The molecule has 0 saturated heterocycles. The maximum absolute atomic E-state index is 13.0. The lowest BCUT2D eigenvalue weighted by atomic mass is 10.4. The van der Waals surface area contributed by atoms with E-state index in [2.05, 4.69) is 25.9 Å². The molecule has 0 N–H and O–H groups in total. The molecule has 82 valence electrons. The second kappa shape index (κ2) is 4.44. The van der Waals surface area contributed by atoms with Gasteiger partial charge in [-0.25, -0.2) is 14.4 Å². The Morgan fingerprint density at radius 3 is 2.53 bits per heavy atom. The number of nitrogens with zero attached hydrogens (tertiary/aromatic N) is 2. The molecule has 0 aromatic carbocycles. The number of hydrogen-bond donors (Lipinski definition) is 0. The van der Waals surface area contributed by atoms with Crippen LogP contribution in [0.25, 0.3) is 0 Å². The molecule has 0 amide bonds. The van der Waals surface area contributed by atoms with E-state index in [1.54, 1.807) is 0 Å². The Hall–Kier alpha value is -0.690. The molecular weight excluding hydrogens is 303 g/mol. The molecule has 0 aliphatic rings. The van der Waals surface area contributed by atoms with E-state index in [1.165, 1.54) is 0 Å². The van der Waals surface area contributed by atoms with E-state index in [1.807, 2.05) is 0 Å². The van der Waals surface area contributed by atoms with Crippen LogP contribution in [-0.4, -0.2) is 16.3 Å². The van der Waals surface area contributed by atoms with Crippen molar-refractivity contribution in [3.05, 3.63) is 22.6 Å². The maximum Gasteiger partial charge on any atom is 0.444 e. The van der Waals surface area contributed by atoms with Crippen LogP contribution >= 0.6 is 27.5 Å². The zero-order valence-corrected chi connectivity index (χ0v) is 9.16. The Morgan fingerprint density at radius 1 is 1.47 bits per heavy atom. The normalized spacial score (nSPS) is 13.1. The van der Waals surface area contributed by atoms with Crippen molar-refractivity contribution in [2.75, 3.05) is 0 Å². The molecule has 0 spiro atoms. The standard InChI is InChI=1S/C7H2BrClF4N2/c8-3-1-4(10)5(14-2-3)15-6(9)7(11,12)13/h1-2H. The predicted molar refractivity (Wildman–Crippen MR) is 50.9 cm³/mol. The first kappa shape index (κ1) is 12.4. The molecule has 0 bridgehead atoms. The van der Waals surface area contributed by atoms with Crippen molar-refractivity contribution in [3.8, 4) is 0 Å². The highest BCUT2D eigenvalue weighted by molar-refractivity contribution is 9.10. The molecule has 0 aliphatic heterocycles. The summed E-state index contributed by atoms with van der Waals surface area (Å²) in [4.78, 5) is 6.16. The second-order valence-corrected chi connectivity index (χ2v) is 3.63. The average Bonchev–Trinajstić information content (AvgIpc) is 2.08. The summed E-state index contributed by atoms with van der Waals surface area (Å²) in [7, 11) is 0. The topological polar surface area (TPSA) is 25.2 Å². The van der Waals surface area contributed by atoms with Gasteiger partial charge in [0.1, 0.15) is 0 Å². The number of aromatic nitrogens is 1. The van der Waals surface area contributed by atoms with Gasteiger partial charge in [0.05, 0.1) is 0 Å². The first-order valence-electron chi connectivity index (χ1n) is 3.43. The molecule has 0 fully saturated rings. The molecule has 1 heterocycles. The summed E-state index contributed by atoms with van der Waals surface area (Å²) in [6.45, 7) is 0. The van der Waals surface area contributed by atoms with Crippen molar-refractivity contribution in [3.63, 3.8) is 0 Å². The van der Waals surface area contributed by atoms with Gasteiger partial charge in [-0.1, -0.05) is 11.6 Å². The molecule has 1 aromatic heterocycles. The van der Waals surface area contributed by atoms with Crippen LogP contribution in [0.1, 0.15) is 0 Å². The molecule has 15 heavy (non-hydrogen) atoms. The summed E-state index contributed by atoms with van der Waals surface area (Å²) < 4.78 is 49.0. The lowest BCUT2D eigenvalue weighted by Crippen LogP contribution is -2.16. The van der Waals surface area contributed by atoms with E-state index < -0.39 is 23.0 Å². The van der Waals surface area contributed by atoms with Crippen molar-refractivity contribution >= 4 is 38.5 Å². The van der Waals surface area contributed by atoms with E-state index in [-0.39, 0.29) is 0 Å². The molecule has 0 radical (unpaired) electrons. The van der Waals surface area contributed by atoms with Gasteiger partial charge in [-0.3, -0.25) is 0 Å². The van der Waals surface area contributed by atoms with Crippen LogP contribution in [0.3, 0.4) is 0 Å². The third kappa shape index (κ3) is 3.42. The van der Waals surface area contributed by atoms with Gasteiger partial charge in [0.25, 0.3) is 0 Å². The van der Waals surface area contributed by atoms with Crippen molar-refractivity contribution in [1.82, 2.24) is 4.98 Å². The monoisotopic (exact) mass is 304 g/mol. The van der Waals surface area contributed by atoms with Gasteiger partial charge in [0, 0.05) is 10.7 Å². The molecule has 2 nitrogen and oxygen atoms in total. The molecule has 0 unspecified atom stereocenters. The number of hydrogen-bond acceptors (Lipinski definition) is 2. The van der Waals surface area contributed by atoms with Crippen LogP contribution in [0.15, 0.2) is 21.7 Å². The third-order valence-corrected chi connectivity index (χ3v) is 1.96. The van der Waals surface area contributed by atoms with Crippen LogP contribution in [0.4, 0.5) is 23.4 Å². The van der Waals surface area contributed by atoms with Gasteiger partial charge in [-0.15, -0.1) is 0 Å². The van der Waals surface area contributed by atoms with Gasteiger partial charge in [0.2, 0.25) is 5.17 Å². The molecule has 0 saturated carbocycles. The van der Waals surface area contributed by atoms with Crippen molar-refractivity contribution in [2.45, 2.75) is 6.18 Å².